The van der Waals surface area contributed by atoms with Gasteiger partial charge in [0.25, 0.3) is 11.7 Å². The molecule has 0 bridgehead atoms. The topological polar surface area (TPSA) is 70.5 Å². The van der Waals surface area contributed by atoms with Crippen LogP contribution in [0.3, 0.4) is 0 Å². The Balaban J connectivity index is 1.72. The number of fused-ring (bicyclic) bond motifs is 1. The van der Waals surface area contributed by atoms with Gasteiger partial charge in [-0.1, -0.05) is 54.1 Å². The van der Waals surface area contributed by atoms with Crippen molar-refractivity contribution in [1.82, 2.24) is 4.98 Å². The second-order valence-corrected chi connectivity index (χ2v) is 7.93. The molecule has 0 spiro atoms. The van der Waals surface area contributed by atoms with Crippen LogP contribution in [-0.4, -0.2) is 21.8 Å². The third-order valence-electron chi connectivity index (χ3n) is 5.57. The molecule has 3 aromatic carbocycles. The number of pyridine rings is 1. The molecule has 2 heterocycles. The molecular weight excluding hydrogens is 424 g/mol. The molecule has 0 aliphatic carbocycles. The summed E-state index contributed by atoms with van der Waals surface area (Å²) in [4.78, 5) is 31.8. The summed E-state index contributed by atoms with van der Waals surface area (Å²) in [6.45, 7) is 0. The molecule has 1 saturated heterocycles. The molecule has 156 valence electrons. The second-order valence-electron chi connectivity index (χ2n) is 7.49. The fraction of sp³-hybridized carbons (Fsp3) is 0.0385. The van der Waals surface area contributed by atoms with Crippen molar-refractivity contribution < 1.29 is 14.7 Å². The lowest BCUT2D eigenvalue weighted by atomic mass is 9.95. The van der Waals surface area contributed by atoms with Crippen molar-refractivity contribution >= 4 is 45.5 Å². The van der Waals surface area contributed by atoms with Crippen molar-refractivity contribution in [1.29, 1.82) is 0 Å². The van der Waals surface area contributed by atoms with Gasteiger partial charge in [0.1, 0.15) is 5.76 Å². The lowest BCUT2D eigenvalue weighted by Crippen LogP contribution is -2.29. The zero-order valence-corrected chi connectivity index (χ0v) is 17.5. The number of benzene rings is 3. The van der Waals surface area contributed by atoms with Crippen LogP contribution >= 0.6 is 11.6 Å². The van der Waals surface area contributed by atoms with Crippen molar-refractivity contribution in [3.8, 4) is 0 Å². The van der Waals surface area contributed by atoms with Gasteiger partial charge in [-0.25, -0.2) is 0 Å². The van der Waals surface area contributed by atoms with E-state index in [-0.39, 0.29) is 11.3 Å². The Kier molecular flexibility index (Phi) is 4.96. The van der Waals surface area contributed by atoms with Crippen molar-refractivity contribution in [2.24, 2.45) is 0 Å². The highest BCUT2D eigenvalue weighted by Gasteiger charge is 2.47. The average Bonchev–Trinajstić information content (AvgIpc) is 3.10. The van der Waals surface area contributed by atoms with Crippen LogP contribution in [0.15, 0.2) is 96.8 Å². The molecule has 5 nitrogen and oxygen atoms in total. The first-order valence-electron chi connectivity index (χ1n) is 10.0. The van der Waals surface area contributed by atoms with E-state index in [1.807, 2.05) is 30.3 Å². The normalized spacial score (nSPS) is 17.8. The van der Waals surface area contributed by atoms with Crippen molar-refractivity contribution in [3.63, 3.8) is 0 Å². The van der Waals surface area contributed by atoms with Gasteiger partial charge in [-0.15, -0.1) is 0 Å². The first-order chi connectivity index (χ1) is 15.5. The number of carbonyl (C=O) groups is 2. The Morgan fingerprint density at radius 1 is 0.906 bits per heavy atom. The van der Waals surface area contributed by atoms with Crippen LogP contribution in [0.2, 0.25) is 5.02 Å². The Morgan fingerprint density at radius 3 is 2.38 bits per heavy atom. The zero-order chi connectivity index (χ0) is 22.2. The Bertz CT molecular complexity index is 1380. The summed E-state index contributed by atoms with van der Waals surface area (Å²) < 4.78 is 0. The van der Waals surface area contributed by atoms with Crippen LogP contribution in [0.25, 0.3) is 16.5 Å². The molecule has 1 aliphatic heterocycles. The van der Waals surface area contributed by atoms with Gasteiger partial charge < -0.3 is 5.11 Å². The first-order valence-corrected chi connectivity index (χ1v) is 10.4. The average molecular weight is 441 g/mol. The standard InChI is InChI=1S/C26H17ClN2O3/c27-20-9-11-21(12-10-20)29-23(19-6-3-13-28-15-19)22(25(31)26(29)32)24(30)18-8-7-16-4-1-2-5-17(16)14-18/h1-15,23,30H/b24-22-. The van der Waals surface area contributed by atoms with Gasteiger partial charge in [0.05, 0.1) is 11.6 Å². The number of aliphatic hydroxyl groups excluding tert-OH is 1. The summed E-state index contributed by atoms with van der Waals surface area (Å²) >= 11 is 6.01. The number of rotatable bonds is 3. The minimum absolute atomic E-state index is 0.0215. The van der Waals surface area contributed by atoms with Gasteiger partial charge >= 0.3 is 0 Å². The maximum Gasteiger partial charge on any atom is 0.300 e. The van der Waals surface area contributed by atoms with Gasteiger partial charge in [0.15, 0.2) is 0 Å². The number of aliphatic hydroxyl groups is 1. The highest BCUT2D eigenvalue weighted by Crippen LogP contribution is 2.42. The van der Waals surface area contributed by atoms with E-state index in [0.717, 1.165) is 10.8 Å². The molecule has 1 aliphatic rings. The molecule has 0 saturated carbocycles. The number of Topliss-reactive ketones (excluding diaryl/α,β-unsaturated/α-hetero) is 1. The summed E-state index contributed by atoms with van der Waals surface area (Å²) in [6.07, 6.45) is 3.20. The van der Waals surface area contributed by atoms with E-state index in [1.54, 1.807) is 60.9 Å². The predicted molar refractivity (Wildman–Crippen MR) is 124 cm³/mol. The van der Waals surface area contributed by atoms with E-state index >= 15 is 0 Å². The first kappa shape index (κ1) is 20.0. The molecule has 1 atom stereocenters. The SMILES string of the molecule is O=C1C(=O)N(c2ccc(Cl)cc2)C(c2cccnc2)/C1=C(/O)c1ccc2ccccc2c1. The highest BCUT2D eigenvalue weighted by molar-refractivity contribution is 6.51. The summed E-state index contributed by atoms with van der Waals surface area (Å²) in [5.74, 6) is -1.69. The van der Waals surface area contributed by atoms with E-state index in [9.17, 15) is 14.7 Å². The van der Waals surface area contributed by atoms with Gasteiger partial charge in [0.2, 0.25) is 0 Å². The van der Waals surface area contributed by atoms with Gasteiger partial charge in [-0.05, 0) is 52.7 Å². The fourth-order valence-corrected chi connectivity index (χ4v) is 4.17. The predicted octanol–water partition coefficient (Wildman–Crippen LogP) is 5.51. The number of amides is 1. The van der Waals surface area contributed by atoms with Crippen LogP contribution in [0.1, 0.15) is 17.2 Å². The number of ketones is 1. The van der Waals surface area contributed by atoms with Crippen LogP contribution < -0.4 is 4.90 Å². The number of carbonyl (C=O) groups excluding carboxylic acids is 2. The molecule has 1 aromatic heterocycles. The second kappa shape index (κ2) is 7.94. The fourth-order valence-electron chi connectivity index (χ4n) is 4.05. The van der Waals surface area contributed by atoms with E-state index in [4.69, 9.17) is 11.6 Å². The van der Waals surface area contributed by atoms with E-state index in [1.165, 1.54) is 4.90 Å². The molecule has 0 radical (unpaired) electrons. The molecule has 1 unspecified atom stereocenters. The maximum absolute atomic E-state index is 13.2. The third kappa shape index (κ3) is 3.33. The van der Waals surface area contributed by atoms with Gasteiger partial charge in [-0.3, -0.25) is 19.5 Å². The van der Waals surface area contributed by atoms with Crippen LogP contribution in [-0.2, 0) is 9.59 Å². The minimum Gasteiger partial charge on any atom is -0.507 e. The third-order valence-corrected chi connectivity index (χ3v) is 5.82. The van der Waals surface area contributed by atoms with E-state index in [0.29, 0.717) is 21.8 Å². The number of hydrogen-bond donors (Lipinski definition) is 1. The van der Waals surface area contributed by atoms with Crippen molar-refractivity contribution in [2.75, 3.05) is 4.90 Å². The molecule has 32 heavy (non-hydrogen) atoms. The van der Waals surface area contributed by atoms with Gasteiger partial charge in [0, 0.05) is 28.7 Å². The molecule has 5 rings (SSSR count). The summed E-state index contributed by atoms with van der Waals surface area (Å²) in [5.41, 5.74) is 1.60. The molecule has 1 fully saturated rings. The smallest absolute Gasteiger partial charge is 0.300 e. The molecule has 6 heteroatoms. The number of halogens is 1. The Morgan fingerprint density at radius 2 is 1.66 bits per heavy atom. The number of nitrogens with zero attached hydrogens (tertiary/aromatic N) is 2. The van der Waals surface area contributed by atoms with E-state index < -0.39 is 17.7 Å². The molecule has 4 aromatic rings. The number of hydrogen-bond acceptors (Lipinski definition) is 4. The number of anilines is 1. The van der Waals surface area contributed by atoms with Crippen LogP contribution in [0, 0.1) is 0 Å². The molecule has 1 N–H and O–H groups in total. The monoisotopic (exact) mass is 440 g/mol. The summed E-state index contributed by atoms with van der Waals surface area (Å²) in [5, 5.41) is 13.7. The number of aromatic nitrogens is 1. The summed E-state index contributed by atoms with van der Waals surface area (Å²) in [7, 11) is 0. The lowest BCUT2D eigenvalue weighted by Gasteiger charge is -2.25. The lowest BCUT2D eigenvalue weighted by molar-refractivity contribution is -0.132. The Hall–Kier alpha value is -3.96. The highest BCUT2D eigenvalue weighted by atomic mass is 35.5. The zero-order valence-electron chi connectivity index (χ0n) is 16.8. The quantitative estimate of drug-likeness (QED) is 0.259. The van der Waals surface area contributed by atoms with Gasteiger partial charge in [-0.2, -0.15) is 0 Å². The Labute approximate surface area is 189 Å². The van der Waals surface area contributed by atoms with Crippen LogP contribution in [0.5, 0.6) is 0 Å². The molecule has 1 amide bonds. The van der Waals surface area contributed by atoms with Crippen molar-refractivity contribution in [2.45, 2.75) is 6.04 Å². The van der Waals surface area contributed by atoms with E-state index in [2.05, 4.69) is 4.98 Å². The van der Waals surface area contributed by atoms with Crippen LogP contribution in [0.4, 0.5) is 5.69 Å². The maximum atomic E-state index is 13.2. The molecular formula is C26H17ClN2O3. The summed E-state index contributed by atoms with van der Waals surface area (Å²) in [6, 6.07) is 22.5. The largest absolute Gasteiger partial charge is 0.507 e. The minimum atomic E-state index is -0.823. The van der Waals surface area contributed by atoms with Crippen molar-refractivity contribution in [3.05, 3.63) is 113 Å².